The predicted molar refractivity (Wildman–Crippen MR) is 132 cm³/mol. The van der Waals surface area contributed by atoms with E-state index in [9.17, 15) is 32.9 Å². The number of rotatable bonds is 11. The highest BCUT2D eigenvalue weighted by Crippen LogP contribution is 2.25. The number of amides is 1. The zero-order valence-corrected chi connectivity index (χ0v) is 20.4. The summed E-state index contributed by atoms with van der Waals surface area (Å²) in [7, 11) is -3.94. The van der Waals surface area contributed by atoms with Crippen LogP contribution in [0.25, 0.3) is 0 Å². The molecule has 0 heterocycles. The van der Waals surface area contributed by atoms with Crippen LogP contribution >= 0.6 is 0 Å². The molecule has 3 rings (SSSR count). The van der Waals surface area contributed by atoms with Crippen LogP contribution in [-0.4, -0.2) is 44.1 Å². The SMILES string of the molecule is Cc1ccc(S(=O)(=O)NCC(=O)NCC(=O)OC(C(=O)c2ccccc2)c2ccc([N+](=O)[O-])cc2)cc1. The van der Waals surface area contributed by atoms with Crippen molar-refractivity contribution in [2.24, 2.45) is 0 Å². The molecule has 1 unspecified atom stereocenters. The van der Waals surface area contributed by atoms with Crippen molar-refractivity contribution in [3.05, 3.63) is 106 Å². The summed E-state index contributed by atoms with van der Waals surface area (Å²) in [6, 6.07) is 19.0. The monoisotopic (exact) mass is 525 g/mol. The Hall–Kier alpha value is -4.42. The molecule has 0 aliphatic rings. The van der Waals surface area contributed by atoms with Gasteiger partial charge in [-0.25, -0.2) is 13.1 Å². The lowest BCUT2D eigenvalue weighted by atomic mass is 9.99. The average Bonchev–Trinajstić information content (AvgIpc) is 2.90. The number of carbonyl (C=O) groups is 3. The van der Waals surface area contributed by atoms with Crippen LogP contribution in [0.3, 0.4) is 0 Å². The van der Waals surface area contributed by atoms with Crippen molar-refractivity contribution in [3.8, 4) is 0 Å². The number of benzene rings is 3. The number of hydrogen-bond donors (Lipinski definition) is 2. The summed E-state index contributed by atoms with van der Waals surface area (Å²) in [5.74, 6) is -2.34. The molecule has 11 nitrogen and oxygen atoms in total. The second-order valence-corrected chi connectivity index (χ2v) is 9.63. The fourth-order valence-electron chi connectivity index (χ4n) is 3.17. The highest BCUT2D eigenvalue weighted by Gasteiger charge is 2.27. The highest BCUT2D eigenvalue weighted by atomic mass is 32.2. The van der Waals surface area contributed by atoms with Gasteiger partial charge in [0.25, 0.3) is 5.69 Å². The maximum Gasteiger partial charge on any atom is 0.326 e. The zero-order chi connectivity index (χ0) is 27.0. The highest BCUT2D eigenvalue weighted by molar-refractivity contribution is 7.89. The van der Waals surface area contributed by atoms with Crippen molar-refractivity contribution in [2.45, 2.75) is 17.9 Å². The molecular formula is C25H23N3O8S. The number of ketones is 1. The van der Waals surface area contributed by atoms with Gasteiger partial charge in [0, 0.05) is 23.3 Å². The molecule has 2 N–H and O–H groups in total. The fourth-order valence-corrected chi connectivity index (χ4v) is 4.15. The Morgan fingerprint density at radius 1 is 0.919 bits per heavy atom. The third-order valence-corrected chi connectivity index (χ3v) is 6.55. The normalized spacial score (nSPS) is 11.8. The van der Waals surface area contributed by atoms with Crippen LogP contribution in [-0.2, 0) is 24.3 Å². The third kappa shape index (κ3) is 7.53. The van der Waals surface area contributed by atoms with E-state index in [-0.39, 0.29) is 21.7 Å². The van der Waals surface area contributed by atoms with Gasteiger partial charge in [-0.2, -0.15) is 0 Å². The van der Waals surface area contributed by atoms with Crippen LogP contribution in [0.15, 0.2) is 83.8 Å². The first-order valence-corrected chi connectivity index (χ1v) is 12.4. The zero-order valence-electron chi connectivity index (χ0n) is 19.6. The fraction of sp³-hybridized carbons (Fsp3) is 0.160. The Morgan fingerprint density at radius 3 is 2.14 bits per heavy atom. The van der Waals surface area contributed by atoms with Gasteiger partial charge < -0.3 is 10.1 Å². The van der Waals surface area contributed by atoms with Gasteiger partial charge in [0.1, 0.15) is 6.54 Å². The molecule has 37 heavy (non-hydrogen) atoms. The first-order valence-electron chi connectivity index (χ1n) is 10.9. The number of nitrogens with zero attached hydrogens (tertiary/aromatic N) is 1. The van der Waals surface area contributed by atoms with Crippen molar-refractivity contribution < 1.29 is 32.5 Å². The molecule has 0 saturated heterocycles. The van der Waals surface area contributed by atoms with E-state index in [4.69, 9.17) is 4.74 Å². The molecule has 1 atom stereocenters. The lowest BCUT2D eigenvalue weighted by Crippen LogP contribution is -2.39. The Balaban J connectivity index is 1.63. The number of nitro benzene ring substituents is 1. The Labute approximate surface area is 212 Å². The number of sulfonamides is 1. The van der Waals surface area contributed by atoms with Crippen LogP contribution in [0.4, 0.5) is 5.69 Å². The largest absolute Gasteiger partial charge is 0.448 e. The van der Waals surface area contributed by atoms with Crippen molar-refractivity contribution >= 4 is 33.4 Å². The third-order valence-electron chi connectivity index (χ3n) is 5.14. The molecule has 1 amide bonds. The lowest BCUT2D eigenvalue weighted by Gasteiger charge is -2.18. The minimum Gasteiger partial charge on any atom is -0.448 e. The van der Waals surface area contributed by atoms with Gasteiger partial charge in [-0.1, -0.05) is 48.0 Å². The lowest BCUT2D eigenvalue weighted by molar-refractivity contribution is -0.384. The topological polar surface area (TPSA) is 162 Å². The smallest absolute Gasteiger partial charge is 0.326 e. The number of carbonyl (C=O) groups excluding carboxylic acids is 3. The molecule has 12 heteroatoms. The van der Waals surface area contributed by atoms with Crippen LogP contribution in [0.5, 0.6) is 0 Å². The van der Waals surface area contributed by atoms with Crippen molar-refractivity contribution in [3.63, 3.8) is 0 Å². The van der Waals surface area contributed by atoms with E-state index < -0.39 is 51.8 Å². The molecule has 0 aromatic heterocycles. The molecular weight excluding hydrogens is 502 g/mol. The van der Waals surface area contributed by atoms with E-state index in [1.54, 1.807) is 37.3 Å². The number of non-ortho nitro benzene ring substituents is 1. The van der Waals surface area contributed by atoms with Gasteiger partial charge >= 0.3 is 5.97 Å². The summed E-state index contributed by atoms with van der Waals surface area (Å²) < 4.78 is 32.1. The van der Waals surface area contributed by atoms with E-state index in [2.05, 4.69) is 10.0 Å². The van der Waals surface area contributed by atoms with Gasteiger partial charge in [-0.3, -0.25) is 24.5 Å². The Morgan fingerprint density at radius 2 is 1.54 bits per heavy atom. The maximum absolute atomic E-state index is 13.0. The van der Waals surface area contributed by atoms with E-state index in [0.717, 1.165) is 5.56 Å². The maximum atomic E-state index is 13.0. The second kappa shape index (κ2) is 12.0. The number of aryl methyl sites for hydroxylation is 1. The Bertz CT molecular complexity index is 1390. The molecule has 192 valence electrons. The summed E-state index contributed by atoms with van der Waals surface area (Å²) in [4.78, 5) is 47.9. The minimum absolute atomic E-state index is 0.0179. The molecule has 0 aliphatic heterocycles. The Kier molecular flexibility index (Phi) is 8.82. The molecule has 0 spiro atoms. The molecule has 3 aromatic rings. The molecule has 0 bridgehead atoms. The van der Waals surface area contributed by atoms with Gasteiger partial charge in [0.2, 0.25) is 21.7 Å². The van der Waals surface area contributed by atoms with Gasteiger partial charge in [-0.05, 0) is 31.2 Å². The van der Waals surface area contributed by atoms with Gasteiger partial charge in [0.05, 0.1) is 16.4 Å². The van der Waals surface area contributed by atoms with E-state index in [1.807, 2.05) is 0 Å². The van der Waals surface area contributed by atoms with Crippen LogP contribution < -0.4 is 10.0 Å². The molecule has 0 aliphatic carbocycles. The second-order valence-electron chi connectivity index (χ2n) is 7.86. The molecule has 3 aromatic carbocycles. The van der Waals surface area contributed by atoms with Gasteiger partial charge in [-0.15, -0.1) is 0 Å². The molecule has 0 radical (unpaired) electrons. The quantitative estimate of drug-likeness (QED) is 0.167. The first-order chi connectivity index (χ1) is 17.6. The summed E-state index contributed by atoms with van der Waals surface area (Å²) in [5, 5.41) is 13.2. The number of nitrogens with one attached hydrogen (secondary N) is 2. The number of ether oxygens (including phenoxy) is 1. The van der Waals surface area contributed by atoms with E-state index >= 15 is 0 Å². The predicted octanol–water partition coefficient (Wildman–Crippen LogP) is 2.47. The molecule has 0 fully saturated rings. The number of nitro groups is 1. The summed E-state index contributed by atoms with van der Waals surface area (Å²) in [6.07, 6.45) is -1.42. The first kappa shape index (κ1) is 27.2. The van der Waals surface area contributed by atoms with Crippen molar-refractivity contribution in [1.29, 1.82) is 0 Å². The number of hydrogen-bond acceptors (Lipinski definition) is 8. The standard InChI is InChI=1S/C25H23N3O8S/c1-17-7-13-21(14-8-17)37(34,35)27-15-22(29)26-16-23(30)36-25(24(31)18-5-3-2-4-6-18)19-9-11-20(12-10-19)28(32)33/h2-14,25,27H,15-16H2,1H3,(H,26,29). The summed E-state index contributed by atoms with van der Waals surface area (Å²) >= 11 is 0. The van der Waals surface area contributed by atoms with Crippen LogP contribution in [0, 0.1) is 17.0 Å². The van der Waals surface area contributed by atoms with Crippen LogP contribution in [0.2, 0.25) is 0 Å². The molecule has 0 saturated carbocycles. The van der Waals surface area contributed by atoms with Gasteiger partial charge in [0.15, 0.2) is 6.10 Å². The number of esters is 1. The average molecular weight is 526 g/mol. The van der Waals surface area contributed by atoms with E-state index in [0.29, 0.717) is 0 Å². The summed E-state index contributed by atoms with van der Waals surface area (Å²) in [6.45, 7) is 0.533. The van der Waals surface area contributed by atoms with Crippen molar-refractivity contribution in [2.75, 3.05) is 13.1 Å². The van der Waals surface area contributed by atoms with Crippen molar-refractivity contribution in [1.82, 2.24) is 10.0 Å². The summed E-state index contributed by atoms with van der Waals surface area (Å²) in [5.41, 5.74) is 1.10. The minimum atomic E-state index is -3.94. The number of Topliss-reactive ketones (excluding diaryl/α,β-unsaturated/α-hetero) is 1. The van der Waals surface area contributed by atoms with E-state index in [1.165, 1.54) is 48.5 Å². The van der Waals surface area contributed by atoms with Crippen LogP contribution in [0.1, 0.15) is 27.6 Å².